The lowest BCUT2D eigenvalue weighted by Crippen LogP contribution is -2.26. The molecule has 0 unspecified atom stereocenters. The second-order valence-corrected chi connectivity index (χ2v) is 9.59. The van der Waals surface area contributed by atoms with E-state index >= 15 is 0 Å². The van der Waals surface area contributed by atoms with E-state index in [9.17, 15) is 8.42 Å². The SMILES string of the molecule is CCN(Cc1ccc(-c2cc(S(=O)(=O)CC)ccc2OC)[nH]1)[C@H](C)c1ccccc1.Cl. The molecule has 0 saturated heterocycles. The summed E-state index contributed by atoms with van der Waals surface area (Å²) in [6.45, 7) is 7.70. The van der Waals surface area contributed by atoms with Gasteiger partial charge in [-0.1, -0.05) is 44.2 Å². The Morgan fingerprint density at radius 2 is 1.74 bits per heavy atom. The smallest absolute Gasteiger partial charge is 0.178 e. The first-order valence-corrected chi connectivity index (χ1v) is 11.9. The number of aromatic nitrogens is 1. The molecular formula is C24H31ClN2O3S. The summed E-state index contributed by atoms with van der Waals surface area (Å²) in [6.07, 6.45) is 0. The van der Waals surface area contributed by atoms with Gasteiger partial charge in [-0.05, 0) is 49.4 Å². The van der Waals surface area contributed by atoms with Crippen molar-refractivity contribution in [2.75, 3.05) is 19.4 Å². The quantitative estimate of drug-likeness (QED) is 0.456. The van der Waals surface area contributed by atoms with Crippen LogP contribution in [0.15, 0.2) is 65.6 Å². The van der Waals surface area contributed by atoms with Crippen molar-refractivity contribution in [1.29, 1.82) is 0 Å². The van der Waals surface area contributed by atoms with E-state index in [1.54, 1.807) is 32.2 Å². The molecule has 1 heterocycles. The van der Waals surface area contributed by atoms with E-state index in [-0.39, 0.29) is 24.2 Å². The second kappa shape index (κ2) is 10.8. The molecule has 31 heavy (non-hydrogen) atoms. The van der Waals surface area contributed by atoms with Crippen molar-refractivity contribution in [2.45, 2.75) is 38.3 Å². The maximum Gasteiger partial charge on any atom is 0.178 e. The lowest BCUT2D eigenvalue weighted by Gasteiger charge is -2.27. The molecule has 0 aliphatic heterocycles. The van der Waals surface area contributed by atoms with Crippen LogP contribution in [0.1, 0.15) is 38.1 Å². The third-order valence-corrected chi connectivity index (χ3v) is 7.29. The topological polar surface area (TPSA) is 62.4 Å². The summed E-state index contributed by atoms with van der Waals surface area (Å²) < 4.78 is 30.1. The number of nitrogens with one attached hydrogen (secondary N) is 1. The van der Waals surface area contributed by atoms with E-state index in [2.05, 4.69) is 54.1 Å². The molecule has 3 rings (SSSR count). The molecular weight excluding hydrogens is 432 g/mol. The Morgan fingerprint density at radius 3 is 2.35 bits per heavy atom. The van der Waals surface area contributed by atoms with Gasteiger partial charge in [0, 0.05) is 29.5 Å². The molecule has 0 saturated carbocycles. The minimum atomic E-state index is -3.29. The first-order valence-electron chi connectivity index (χ1n) is 10.3. The van der Waals surface area contributed by atoms with Gasteiger partial charge in [0.25, 0.3) is 0 Å². The Bertz CT molecular complexity index is 1080. The van der Waals surface area contributed by atoms with Gasteiger partial charge in [0.15, 0.2) is 9.84 Å². The van der Waals surface area contributed by atoms with Gasteiger partial charge >= 0.3 is 0 Å². The number of ether oxygens (including phenoxy) is 1. The van der Waals surface area contributed by atoms with E-state index in [0.717, 1.165) is 30.0 Å². The van der Waals surface area contributed by atoms with Crippen LogP contribution in [0.25, 0.3) is 11.3 Å². The number of aromatic amines is 1. The van der Waals surface area contributed by atoms with Crippen LogP contribution in [-0.2, 0) is 16.4 Å². The molecule has 0 spiro atoms. The number of benzene rings is 2. The predicted octanol–water partition coefficient (Wildman–Crippen LogP) is 5.49. The second-order valence-electron chi connectivity index (χ2n) is 7.31. The molecule has 0 aliphatic carbocycles. The highest BCUT2D eigenvalue weighted by Gasteiger charge is 2.18. The van der Waals surface area contributed by atoms with Crippen LogP contribution in [0.3, 0.4) is 0 Å². The van der Waals surface area contributed by atoms with E-state index < -0.39 is 9.84 Å². The monoisotopic (exact) mass is 462 g/mol. The van der Waals surface area contributed by atoms with E-state index in [1.807, 2.05) is 12.1 Å². The van der Waals surface area contributed by atoms with Gasteiger partial charge < -0.3 is 9.72 Å². The average molecular weight is 463 g/mol. The fourth-order valence-corrected chi connectivity index (χ4v) is 4.54. The van der Waals surface area contributed by atoms with Crippen molar-refractivity contribution in [1.82, 2.24) is 9.88 Å². The molecule has 168 valence electrons. The molecule has 0 aliphatic rings. The predicted molar refractivity (Wildman–Crippen MR) is 129 cm³/mol. The summed E-state index contributed by atoms with van der Waals surface area (Å²) in [5.41, 5.74) is 3.95. The summed E-state index contributed by atoms with van der Waals surface area (Å²) in [6, 6.07) is 19.8. The molecule has 7 heteroatoms. The molecule has 0 radical (unpaired) electrons. The first-order chi connectivity index (χ1) is 14.4. The lowest BCUT2D eigenvalue weighted by molar-refractivity contribution is 0.211. The highest BCUT2D eigenvalue weighted by atomic mass is 35.5. The van der Waals surface area contributed by atoms with Gasteiger partial charge in [-0.15, -0.1) is 12.4 Å². The Balaban J connectivity index is 0.00000341. The van der Waals surface area contributed by atoms with Crippen LogP contribution >= 0.6 is 12.4 Å². The number of H-pyrrole nitrogens is 1. The summed E-state index contributed by atoms with van der Waals surface area (Å²) in [5.74, 6) is 0.709. The van der Waals surface area contributed by atoms with Crippen LogP contribution < -0.4 is 4.74 Å². The van der Waals surface area contributed by atoms with Crippen molar-refractivity contribution in [2.24, 2.45) is 0 Å². The Hall–Kier alpha value is -2.28. The highest BCUT2D eigenvalue weighted by Crippen LogP contribution is 2.32. The van der Waals surface area contributed by atoms with Gasteiger partial charge in [0.1, 0.15) is 5.75 Å². The standard InChI is InChI=1S/C24H30N2O3S.ClH/c1-5-26(18(3)19-10-8-7-9-11-19)17-20-12-14-23(25-20)22-16-21(30(27,28)6-2)13-15-24(22)29-4;/h7-16,18,25H,5-6,17H2,1-4H3;1H/t18-;/m1./s1. The number of sulfone groups is 1. The number of rotatable bonds is 9. The van der Waals surface area contributed by atoms with Crippen molar-refractivity contribution >= 4 is 22.2 Å². The third-order valence-electron chi connectivity index (χ3n) is 5.56. The fourth-order valence-electron chi connectivity index (χ4n) is 3.63. The minimum absolute atomic E-state index is 0. The molecule has 3 aromatic rings. The first kappa shape index (κ1) is 25.0. The molecule has 5 nitrogen and oxygen atoms in total. The van der Waals surface area contributed by atoms with Gasteiger partial charge in [-0.3, -0.25) is 4.90 Å². The normalized spacial score (nSPS) is 12.4. The molecule has 0 fully saturated rings. The fraction of sp³-hybridized carbons (Fsp3) is 0.333. The highest BCUT2D eigenvalue weighted by molar-refractivity contribution is 7.91. The van der Waals surface area contributed by atoms with Crippen LogP contribution in [0, 0.1) is 0 Å². The number of halogens is 1. The van der Waals surface area contributed by atoms with Crippen LogP contribution in [0.4, 0.5) is 0 Å². The Labute approximate surface area is 191 Å². The van der Waals surface area contributed by atoms with Crippen LogP contribution in [0.2, 0.25) is 0 Å². The molecule has 0 amide bonds. The van der Waals surface area contributed by atoms with E-state index in [1.165, 1.54) is 5.56 Å². The van der Waals surface area contributed by atoms with Crippen molar-refractivity contribution < 1.29 is 13.2 Å². The zero-order chi connectivity index (χ0) is 21.7. The molecule has 0 bridgehead atoms. The largest absolute Gasteiger partial charge is 0.496 e. The van der Waals surface area contributed by atoms with Crippen molar-refractivity contribution in [3.63, 3.8) is 0 Å². The minimum Gasteiger partial charge on any atom is -0.496 e. The summed E-state index contributed by atoms with van der Waals surface area (Å²) >= 11 is 0. The molecule has 1 aromatic heterocycles. The number of nitrogens with zero attached hydrogens (tertiary/aromatic N) is 1. The Morgan fingerprint density at radius 1 is 1.03 bits per heavy atom. The summed E-state index contributed by atoms with van der Waals surface area (Å²) in [4.78, 5) is 6.15. The van der Waals surface area contributed by atoms with Crippen LogP contribution in [0.5, 0.6) is 5.75 Å². The van der Waals surface area contributed by atoms with Gasteiger partial charge in [-0.25, -0.2) is 8.42 Å². The van der Waals surface area contributed by atoms with E-state index in [0.29, 0.717) is 10.6 Å². The maximum atomic E-state index is 12.3. The number of methoxy groups -OCH3 is 1. The van der Waals surface area contributed by atoms with Gasteiger partial charge in [0.05, 0.1) is 17.8 Å². The lowest BCUT2D eigenvalue weighted by atomic mass is 10.1. The third kappa shape index (κ3) is 5.70. The molecule has 1 N–H and O–H groups in total. The van der Waals surface area contributed by atoms with Gasteiger partial charge in [0.2, 0.25) is 0 Å². The van der Waals surface area contributed by atoms with Gasteiger partial charge in [-0.2, -0.15) is 0 Å². The maximum absolute atomic E-state index is 12.3. The molecule has 1 atom stereocenters. The average Bonchev–Trinajstić information content (AvgIpc) is 3.25. The van der Waals surface area contributed by atoms with Crippen molar-refractivity contribution in [3.05, 3.63) is 71.9 Å². The summed E-state index contributed by atoms with van der Waals surface area (Å²) in [7, 11) is -1.70. The number of hydrogen-bond acceptors (Lipinski definition) is 4. The van der Waals surface area contributed by atoms with Crippen molar-refractivity contribution in [3.8, 4) is 17.0 Å². The number of hydrogen-bond donors (Lipinski definition) is 1. The Kier molecular flexibility index (Phi) is 8.74. The summed E-state index contributed by atoms with van der Waals surface area (Å²) in [5, 5.41) is 0. The van der Waals surface area contributed by atoms with Crippen LogP contribution in [-0.4, -0.2) is 37.7 Å². The zero-order valence-corrected chi connectivity index (χ0v) is 20.1. The zero-order valence-electron chi connectivity index (χ0n) is 18.5. The molecule has 2 aromatic carbocycles. The van der Waals surface area contributed by atoms with E-state index in [4.69, 9.17) is 4.74 Å².